The van der Waals surface area contributed by atoms with Gasteiger partial charge in [-0.15, -0.1) is 4.91 Å². The Bertz CT molecular complexity index is 13.5. The summed E-state index contributed by atoms with van der Waals surface area (Å²) in [4.78, 5) is 8.11. The van der Waals surface area contributed by atoms with Crippen molar-refractivity contribution in [3.8, 4) is 0 Å². The van der Waals surface area contributed by atoms with E-state index in [9.17, 15) is 0 Å². The van der Waals surface area contributed by atoms with E-state index in [0.717, 1.165) is 0 Å². The summed E-state index contributed by atoms with van der Waals surface area (Å²) in [6, 6.07) is 0. The standard InChI is InChI=1S/Ca.HNO2/c;2-1-3/h;(H,2,3). The number of nitrogens with zero attached hydrogens (tertiary/aromatic N) is 1. The Kier molecular flexibility index (Phi) is 20.7. The summed E-state index contributed by atoms with van der Waals surface area (Å²) in [5, 5.41) is 7.89. The predicted octanol–water partition coefficient (Wildman–Crippen LogP) is -0.239. The minimum Gasteiger partial charge on any atom is -0.379 e. The van der Waals surface area contributed by atoms with Crippen molar-refractivity contribution < 1.29 is 5.21 Å². The molecule has 0 saturated heterocycles. The number of hydrogen-bond donors (Lipinski definition) is 1. The molecule has 0 aromatic rings. The van der Waals surface area contributed by atoms with Gasteiger partial charge in [0.2, 0.25) is 0 Å². The Morgan fingerprint density at radius 1 is 1.75 bits per heavy atom. The molecule has 0 aliphatic heterocycles. The Hall–Kier alpha value is 0.660. The SMILES string of the molecule is O=NO.[Ca]. The first-order valence-corrected chi connectivity index (χ1v) is 0.383. The van der Waals surface area contributed by atoms with Crippen molar-refractivity contribution in [3.05, 3.63) is 4.91 Å². The van der Waals surface area contributed by atoms with Crippen molar-refractivity contribution >= 4 is 37.7 Å². The normalized spacial score (nSPS) is 3.00. The summed E-state index contributed by atoms with van der Waals surface area (Å²) < 4.78 is 0. The monoisotopic (exact) mass is 87.0 g/mol. The molecule has 0 rings (SSSR count). The first-order valence-electron chi connectivity index (χ1n) is 0.383. The van der Waals surface area contributed by atoms with E-state index in [4.69, 9.17) is 10.1 Å². The van der Waals surface area contributed by atoms with E-state index in [1.165, 1.54) is 5.34 Å². The minimum absolute atomic E-state index is 0. The Balaban J connectivity index is 0. The zero-order valence-electron chi connectivity index (χ0n) is 2.01. The summed E-state index contributed by atoms with van der Waals surface area (Å²) in [6.07, 6.45) is 0. The van der Waals surface area contributed by atoms with E-state index in [0.29, 0.717) is 0 Å². The topological polar surface area (TPSA) is 49.7 Å². The first kappa shape index (κ1) is 8.82. The van der Waals surface area contributed by atoms with Crippen LogP contribution in [0.4, 0.5) is 0 Å². The molecule has 0 saturated carbocycles. The molecule has 2 radical (unpaired) electrons. The number of rotatable bonds is 0. The van der Waals surface area contributed by atoms with Crippen LogP contribution < -0.4 is 0 Å². The van der Waals surface area contributed by atoms with E-state index >= 15 is 0 Å². The largest absolute Gasteiger partial charge is 0.379 e. The quantitative estimate of drug-likeness (QED) is 0.252. The average molecular weight is 87.1 g/mol. The molecule has 0 aliphatic carbocycles. The Morgan fingerprint density at radius 3 is 1.75 bits per heavy atom. The zero-order chi connectivity index (χ0) is 2.71. The van der Waals surface area contributed by atoms with Gasteiger partial charge in [-0.25, -0.2) is 0 Å². The molecule has 1 N–H and O–H groups in total. The first-order chi connectivity index (χ1) is 1.41. The van der Waals surface area contributed by atoms with E-state index < -0.39 is 0 Å². The van der Waals surface area contributed by atoms with E-state index in [1.807, 2.05) is 0 Å². The van der Waals surface area contributed by atoms with Crippen LogP contribution in [0.3, 0.4) is 0 Å². The summed E-state index contributed by atoms with van der Waals surface area (Å²) in [5.74, 6) is 0. The summed E-state index contributed by atoms with van der Waals surface area (Å²) in [6.45, 7) is 0. The van der Waals surface area contributed by atoms with E-state index in [2.05, 4.69) is 0 Å². The molecule has 0 aromatic carbocycles. The Morgan fingerprint density at radius 2 is 1.75 bits per heavy atom. The molecular formula is HCaNO2. The molecule has 0 heterocycles. The van der Waals surface area contributed by atoms with Crippen molar-refractivity contribution in [2.45, 2.75) is 0 Å². The van der Waals surface area contributed by atoms with Crippen LogP contribution in [0, 0.1) is 4.91 Å². The smallest absolute Gasteiger partial charge is 0.152 e. The second-order valence-corrected chi connectivity index (χ2v) is 0.0816. The van der Waals surface area contributed by atoms with Gasteiger partial charge in [-0.3, -0.25) is 0 Å². The molecule has 4 heavy (non-hydrogen) atoms. The van der Waals surface area contributed by atoms with Gasteiger partial charge in [-0.1, -0.05) is 0 Å². The Labute approximate surface area is 52.9 Å². The van der Waals surface area contributed by atoms with Gasteiger partial charge in [0.25, 0.3) is 0 Å². The van der Waals surface area contributed by atoms with Crippen molar-refractivity contribution in [3.63, 3.8) is 0 Å². The van der Waals surface area contributed by atoms with Gasteiger partial charge in [0.05, 0.1) is 0 Å². The van der Waals surface area contributed by atoms with Crippen LogP contribution in [0.1, 0.15) is 0 Å². The van der Waals surface area contributed by atoms with Gasteiger partial charge in [0.1, 0.15) is 0 Å². The van der Waals surface area contributed by atoms with Gasteiger partial charge in [0, 0.05) is 37.7 Å². The second kappa shape index (κ2) is 9.40. The third-order valence-electron chi connectivity index (χ3n) is 0. The van der Waals surface area contributed by atoms with Crippen LogP contribution in [-0.4, -0.2) is 42.9 Å². The molecule has 0 amide bonds. The fraction of sp³-hybridized carbons (Fsp3) is 0. The van der Waals surface area contributed by atoms with Crippen LogP contribution in [0.5, 0.6) is 0 Å². The van der Waals surface area contributed by atoms with Crippen molar-refractivity contribution in [2.75, 3.05) is 0 Å². The third-order valence-corrected chi connectivity index (χ3v) is 0. The van der Waals surface area contributed by atoms with Crippen LogP contribution >= 0.6 is 0 Å². The van der Waals surface area contributed by atoms with Crippen molar-refractivity contribution in [1.29, 1.82) is 0 Å². The van der Waals surface area contributed by atoms with E-state index in [1.54, 1.807) is 0 Å². The molecule has 0 aliphatic rings. The van der Waals surface area contributed by atoms with Gasteiger partial charge < -0.3 is 5.21 Å². The van der Waals surface area contributed by atoms with Crippen molar-refractivity contribution in [1.82, 2.24) is 0 Å². The maximum absolute atomic E-state index is 8.11. The fourth-order valence-corrected chi connectivity index (χ4v) is 0. The summed E-state index contributed by atoms with van der Waals surface area (Å²) in [5.41, 5.74) is 0. The maximum atomic E-state index is 8.11. The molecule has 0 aromatic heterocycles. The molecule has 0 spiro atoms. The maximum Gasteiger partial charge on any atom is 0.152 e. The molecule has 0 fully saturated rings. The van der Waals surface area contributed by atoms with Gasteiger partial charge >= 0.3 is 0 Å². The van der Waals surface area contributed by atoms with Crippen molar-refractivity contribution in [2.24, 2.45) is 5.34 Å². The molecule has 3 nitrogen and oxygen atoms in total. The minimum atomic E-state index is 0. The third kappa shape index (κ3) is 16.8. The molecule has 20 valence electrons. The second-order valence-electron chi connectivity index (χ2n) is 0.0816. The fourth-order valence-electron chi connectivity index (χ4n) is 0. The molecule has 0 unspecified atom stereocenters. The number of hydrogen-bond acceptors (Lipinski definition) is 2. The summed E-state index contributed by atoms with van der Waals surface area (Å²) in [7, 11) is 0. The molecular weight excluding hydrogens is 86.1 g/mol. The molecule has 0 atom stereocenters. The van der Waals surface area contributed by atoms with Gasteiger partial charge in [0.15, 0.2) is 5.34 Å². The average Bonchev–Trinajstić information content (AvgIpc) is 0.918. The molecule has 0 bridgehead atoms. The van der Waals surface area contributed by atoms with Crippen LogP contribution in [-0.2, 0) is 0 Å². The van der Waals surface area contributed by atoms with Gasteiger partial charge in [-0.2, -0.15) is 0 Å². The predicted molar refractivity (Wildman–Crippen MR) is 13.3 cm³/mol. The van der Waals surface area contributed by atoms with Crippen LogP contribution in [0.15, 0.2) is 5.34 Å². The van der Waals surface area contributed by atoms with Crippen LogP contribution in [0.25, 0.3) is 0 Å². The molecule has 4 heteroatoms. The summed E-state index contributed by atoms with van der Waals surface area (Å²) >= 11 is 0. The zero-order valence-corrected chi connectivity index (χ0v) is 4.22. The van der Waals surface area contributed by atoms with Gasteiger partial charge in [-0.05, 0) is 0 Å². The van der Waals surface area contributed by atoms with Crippen LogP contribution in [0.2, 0.25) is 0 Å². The van der Waals surface area contributed by atoms with E-state index in [-0.39, 0.29) is 37.7 Å².